The van der Waals surface area contributed by atoms with Gasteiger partial charge in [0.1, 0.15) is 0 Å². The van der Waals surface area contributed by atoms with Crippen LogP contribution in [-0.2, 0) is 0 Å². The molecule has 6 heteroatoms. The van der Waals surface area contributed by atoms with E-state index in [-0.39, 0.29) is 11.9 Å². The second-order valence-corrected chi connectivity index (χ2v) is 6.23. The van der Waals surface area contributed by atoms with Crippen LogP contribution in [0.5, 0.6) is 0 Å². The predicted molar refractivity (Wildman–Crippen MR) is 95.4 cm³/mol. The van der Waals surface area contributed by atoms with Crippen molar-refractivity contribution in [3.8, 4) is 11.5 Å². The maximum absolute atomic E-state index is 12.4. The molecule has 3 aromatic rings. The molecule has 0 aliphatic heterocycles. The van der Waals surface area contributed by atoms with Gasteiger partial charge in [0.25, 0.3) is 5.91 Å². The average molecular weight is 339 g/mol. The molecule has 1 N–H and O–H groups in total. The first kappa shape index (κ1) is 16.3. The van der Waals surface area contributed by atoms with Crippen LogP contribution in [0.25, 0.3) is 11.5 Å². The molecule has 0 fully saturated rings. The molecule has 0 aliphatic carbocycles. The zero-order chi connectivity index (χ0) is 17.1. The zero-order valence-electron chi connectivity index (χ0n) is 13.7. The van der Waals surface area contributed by atoms with Crippen molar-refractivity contribution in [1.29, 1.82) is 0 Å². The Morgan fingerprint density at radius 3 is 2.71 bits per heavy atom. The second kappa shape index (κ2) is 6.88. The Balaban J connectivity index is 1.84. The minimum atomic E-state index is -0.267. The summed E-state index contributed by atoms with van der Waals surface area (Å²) >= 11 is 1.51. The van der Waals surface area contributed by atoms with Crippen molar-refractivity contribution in [2.24, 2.45) is 0 Å². The molecule has 24 heavy (non-hydrogen) atoms. The van der Waals surface area contributed by atoms with Gasteiger partial charge in [-0.2, -0.15) is 0 Å². The van der Waals surface area contributed by atoms with Crippen LogP contribution >= 0.6 is 11.8 Å². The van der Waals surface area contributed by atoms with E-state index < -0.39 is 0 Å². The molecule has 5 nitrogen and oxygen atoms in total. The quantitative estimate of drug-likeness (QED) is 0.717. The summed E-state index contributed by atoms with van der Waals surface area (Å²) in [6.45, 7) is 3.98. The molecule has 2 aromatic carbocycles. The minimum Gasteiger partial charge on any atom is -0.403 e. The number of carbonyl (C=O) groups is 1. The van der Waals surface area contributed by atoms with Crippen molar-refractivity contribution in [2.75, 3.05) is 11.6 Å². The van der Waals surface area contributed by atoms with E-state index in [1.165, 1.54) is 11.8 Å². The molecule has 1 amide bonds. The number of hydrogen-bond acceptors (Lipinski definition) is 5. The van der Waals surface area contributed by atoms with Gasteiger partial charge in [0.15, 0.2) is 0 Å². The third-order valence-corrected chi connectivity index (χ3v) is 4.42. The van der Waals surface area contributed by atoms with Crippen molar-refractivity contribution < 1.29 is 9.21 Å². The molecule has 0 spiro atoms. The van der Waals surface area contributed by atoms with E-state index in [4.69, 9.17) is 4.42 Å². The van der Waals surface area contributed by atoms with Gasteiger partial charge in [0, 0.05) is 10.5 Å². The Labute approximate surface area is 144 Å². The standard InChI is InChI=1S/C18H17N3O2S/c1-11-8-9-12(2)14(10-11)17-20-21-18(23-17)19-16(22)13-6-4-5-7-15(13)24-3/h4-10H,1-3H3,(H,19,21,22). The fourth-order valence-electron chi connectivity index (χ4n) is 2.35. The molecular weight excluding hydrogens is 322 g/mol. The number of aromatic nitrogens is 2. The predicted octanol–water partition coefficient (Wildman–Crippen LogP) is 4.33. The van der Waals surface area contributed by atoms with E-state index in [0.717, 1.165) is 21.6 Å². The molecule has 0 saturated carbocycles. The summed E-state index contributed by atoms with van der Waals surface area (Å²) < 4.78 is 5.61. The lowest BCUT2D eigenvalue weighted by atomic mass is 10.1. The van der Waals surface area contributed by atoms with E-state index in [2.05, 4.69) is 15.5 Å². The Morgan fingerprint density at radius 1 is 1.12 bits per heavy atom. The molecule has 1 heterocycles. The highest BCUT2D eigenvalue weighted by Crippen LogP contribution is 2.25. The fourth-order valence-corrected chi connectivity index (χ4v) is 2.94. The molecule has 1 aromatic heterocycles. The Hall–Kier alpha value is -2.60. The molecule has 0 aliphatic rings. The lowest BCUT2D eigenvalue weighted by molar-refractivity contribution is 0.102. The van der Waals surface area contributed by atoms with Gasteiger partial charge in [-0.15, -0.1) is 16.9 Å². The first-order valence-corrected chi connectivity index (χ1v) is 8.66. The summed E-state index contributed by atoms with van der Waals surface area (Å²) in [6, 6.07) is 13.5. The summed E-state index contributed by atoms with van der Waals surface area (Å²) in [5.74, 6) is 0.126. The van der Waals surface area contributed by atoms with Crippen molar-refractivity contribution in [3.63, 3.8) is 0 Å². The number of rotatable bonds is 4. The number of carbonyl (C=O) groups excluding carboxylic acids is 1. The van der Waals surface area contributed by atoms with Gasteiger partial charge in [0.2, 0.25) is 5.89 Å². The van der Waals surface area contributed by atoms with Crippen LogP contribution in [0, 0.1) is 13.8 Å². The van der Waals surface area contributed by atoms with Crippen molar-refractivity contribution in [3.05, 3.63) is 59.2 Å². The molecular formula is C18H17N3O2S. The van der Waals surface area contributed by atoms with Crippen molar-refractivity contribution in [1.82, 2.24) is 10.2 Å². The second-order valence-electron chi connectivity index (χ2n) is 5.39. The largest absolute Gasteiger partial charge is 0.403 e. The molecule has 0 unspecified atom stereocenters. The van der Waals surface area contributed by atoms with Crippen molar-refractivity contribution in [2.45, 2.75) is 18.7 Å². The van der Waals surface area contributed by atoms with Crippen molar-refractivity contribution >= 4 is 23.7 Å². The van der Waals surface area contributed by atoms with E-state index in [1.54, 1.807) is 6.07 Å². The normalized spacial score (nSPS) is 10.6. The SMILES string of the molecule is CSc1ccccc1C(=O)Nc1nnc(-c2cc(C)ccc2C)o1. The number of thioether (sulfide) groups is 1. The van der Waals surface area contributed by atoms with E-state index in [0.29, 0.717) is 11.5 Å². The van der Waals surface area contributed by atoms with Gasteiger partial charge in [-0.05, 0) is 43.9 Å². The summed E-state index contributed by atoms with van der Waals surface area (Å²) in [5, 5.41) is 10.6. The maximum Gasteiger partial charge on any atom is 0.322 e. The summed E-state index contributed by atoms with van der Waals surface area (Å²) in [5.41, 5.74) is 3.59. The van der Waals surface area contributed by atoms with Gasteiger partial charge in [-0.1, -0.05) is 34.9 Å². The Morgan fingerprint density at radius 2 is 1.92 bits per heavy atom. The summed E-state index contributed by atoms with van der Waals surface area (Å²) in [6.07, 6.45) is 1.93. The molecule has 0 radical (unpaired) electrons. The minimum absolute atomic E-state index is 0.0896. The third kappa shape index (κ3) is 3.33. The highest BCUT2D eigenvalue weighted by Gasteiger charge is 2.16. The van der Waals surface area contributed by atoms with Gasteiger partial charge >= 0.3 is 6.01 Å². The molecule has 3 rings (SSSR count). The first-order valence-electron chi connectivity index (χ1n) is 7.44. The lowest BCUT2D eigenvalue weighted by Gasteiger charge is -2.05. The van der Waals surface area contributed by atoms with E-state index in [9.17, 15) is 4.79 Å². The smallest absolute Gasteiger partial charge is 0.322 e. The third-order valence-electron chi connectivity index (χ3n) is 3.62. The summed E-state index contributed by atoms with van der Waals surface area (Å²) in [4.78, 5) is 13.3. The topological polar surface area (TPSA) is 68.0 Å². The van der Waals surface area contributed by atoms with Crippen LogP contribution < -0.4 is 5.32 Å². The van der Waals surface area contributed by atoms with E-state index in [1.807, 2.05) is 56.5 Å². The van der Waals surface area contributed by atoms with Crippen LogP contribution in [0.2, 0.25) is 0 Å². The van der Waals surface area contributed by atoms with Crippen LogP contribution in [0.15, 0.2) is 51.8 Å². The average Bonchev–Trinajstić information content (AvgIpc) is 3.05. The number of anilines is 1. The molecule has 0 bridgehead atoms. The number of amides is 1. The molecule has 0 atom stereocenters. The maximum atomic E-state index is 12.4. The van der Waals surface area contributed by atoms with Gasteiger partial charge < -0.3 is 4.42 Å². The zero-order valence-corrected chi connectivity index (χ0v) is 14.5. The first-order chi connectivity index (χ1) is 11.6. The van der Waals surface area contributed by atoms with Crippen LogP contribution in [0.3, 0.4) is 0 Å². The summed E-state index contributed by atoms with van der Waals surface area (Å²) in [7, 11) is 0. The Kier molecular flexibility index (Phi) is 4.66. The molecule has 0 saturated heterocycles. The lowest BCUT2D eigenvalue weighted by Crippen LogP contribution is -2.13. The van der Waals surface area contributed by atoms with Gasteiger partial charge in [-0.25, -0.2) is 0 Å². The van der Waals surface area contributed by atoms with Gasteiger partial charge in [0.05, 0.1) is 5.56 Å². The van der Waals surface area contributed by atoms with E-state index >= 15 is 0 Å². The number of nitrogens with one attached hydrogen (secondary N) is 1. The molecule has 122 valence electrons. The number of benzene rings is 2. The van der Waals surface area contributed by atoms with Gasteiger partial charge in [-0.3, -0.25) is 10.1 Å². The Bertz CT molecular complexity index is 889. The number of hydrogen-bond donors (Lipinski definition) is 1. The number of aryl methyl sites for hydroxylation is 2. The van der Waals surface area contributed by atoms with Crippen LogP contribution in [0.4, 0.5) is 6.01 Å². The highest BCUT2D eigenvalue weighted by molar-refractivity contribution is 7.98. The monoisotopic (exact) mass is 339 g/mol. The van der Waals surface area contributed by atoms with Crippen LogP contribution in [-0.4, -0.2) is 22.4 Å². The van der Waals surface area contributed by atoms with Crippen LogP contribution in [0.1, 0.15) is 21.5 Å². The number of nitrogens with zero attached hydrogens (tertiary/aromatic N) is 2. The fraction of sp³-hybridized carbons (Fsp3) is 0.167. The highest BCUT2D eigenvalue weighted by atomic mass is 32.2.